The molecule has 5 rings (SSSR count). The van der Waals surface area contributed by atoms with E-state index in [0.29, 0.717) is 0 Å². The van der Waals surface area contributed by atoms with Gasteiger partial charge in [-0.15, -0.1) is 11.4 Å². The number of hydrogen-bond acceptors (Lipinski definition) is 18. The van der Waals surface area contributed by atoms with Crippen molar-refractivity contribution in [2.45, 2.75) is 117 Å². The molecule has 1 fully saturated rings. The molecule has 6 atom stereocenters. The molecule has 0 aromatic heterocycles. The molecule has 0 aromatic rings. The van der Waals surface area contributed by atoms with Crippen molar-refractivity contribution >= 4 is 59.2 Å². The van der Waals surface area contributed by atoms with Crippen LogP contribution in [0.15, 0.2) is 67.3 Å². The van der Waals surface area contributed by atoms with Crippen LogP contribution in [0.3, 0.4) is 0 Å². The van der Waals surface area contributed by atoms with Gasteiger partial charge in [0.15, 0.2) is 0 Å². The molecule has 8 bridgehead atoms. The van der Waals surface area contributed by atoms with Gasteiger partial charge in [-0.25, -0.2) is 0 Å². The number of aliphatic imine (C=N–C) groups is 2. The van der Waals surface area contributed by atoms with Crippen LogP contribution in [0.5, 0.6) is 0 Å². The average molecular weight is 930 g/mol. The fourth-order valence-electron chi connectivity index (χ4n) is 9.90. The van der Waals surface area contributed by atoms with Crippen molar-refractivity contribution in [3.05, 3.63) is 68.0 Å². The van der Waals surface area contributed by atoms with Crippen molar-refractivity contribution in [2.75, 3.05) is 0 Å². The van der Waals surface area contributed by atoms with Crippen molar-refractivity contribution in [3.63, 3.8) is 0 Å². The molecule has 349 valence electrons. The predicted molar refractivity (Wildman–Crippen MR) is 199 cm³/mol. The summed E-state index contributed by atoms with van der Waals surface area (Å²) in [6.07, 6.45) is -5.31. The van der Waals surface area contributed by atoms with E-state index in [2.05, 4.69) is 0 Å². The SMILES string of the molecule is C[C@@]1(CC(=O)[O-])C2=NC(=C1CCC(=O)[O-])C[C@]1(C)[N-]C(=CC3=NC(=C4[N-]C(=C2)[C@@H](CCC(=O)[O-])[C@]4(C)CC(=O)[O-])[C@H](CC(=O)[O-])[C@@]3(C)CCC(=O)[O-])C(CCC(=O)[O-])=C1CC(=O)[O-].[Co]. The van der Waals surface area contributed by atoms with E-state index in [9.17, 15) is 79.2 Å². The third kappa shape index (κ3) is 10.1. The van der Waals surface area contributed by atoms with Crippen molar-refractivity contribution in [1.29, 1.82) is 0 Å². The van der Waals surface area contributed by atoms with Gasteiger partial charge in [0.05, 0.1) is 0 Å². The maximum Gasteiger partial charge on any atom is 0.0495 e. The van der Waals surface area contributed by atoms with E-state index in [1.54, 1.807) is 0 Å². The Labute approximate surface area is 376 Å². The Balaban J connectivity index is 0.00000898. The first-order valence-electron chi connectivity index (χ1n) is 20.1. The van der Waals surface area contributed by atoms with E-state index in [0.717, 1.165) is 0 Å². The third-order valence-electron chi connectivity index (χ3n) is 13.0. The number of carboxylic acids is 8. The van der Waals surface area contributed by atoms with Crippen LogP contribution in [0.4, 0.5) is 0 Å². The van der Waals surface area contributed by atoms with E-state index in [1.165, 1.54) is 39.8 Å². The second-order valence-electron chi connectivity index (χ2n) is 17.4. The molecule has 20 nitrogen and oxygen atoms in total. The molecule has 0 amide bonds. The van der Waals surface area contributed by atoms with E-state index in [4.69, 9.17) is 20.6 Å². The fourth-order valence-corrected chi connectivity index (χ4v) is 9.90. The minimum Gasteiger partial charge on any atom is -0.675 e. The summed E-state index contributed by atoms with van der Waals surface area (Å²) in [5, 5.41) is 108. The molecule has 5 heterocycles. The summed E-state index contributed by atoms with van der Waals surface area (Å²) in [4.78, 5) is 108. The molecule has 0 aromatic carbocycles. The summed E-state index contributed by atoms with van der Waals surface area (Å²) in [5.41, 5.74) is -7.23. The Hall–Kier alpha value is -6.09. The maximum absolute atomic E-state index is 12.6. The zero-order chi connectivity index (χ0) is 47.0. The Morgan fingerprint density at radius 3 is 1.78 bits per heavy atom. The van der Waals surface area contributed by atoms with Crippen LogP contribution in [0, 0.1) is 28.1 Å². The summed E-state index contributed by atoms with van der Waals surface area (Å²) in [6.45, 7) is 5.77. The van der Waals surface area contributed by atoms with Crippen LogP contribution in [0.2, 0.25) is 0 Å². The quantitative estimate of drug-likeness (QED) is 0.111. The summed E-state index contributed by atoms with van der Waals surface area (Å²) in [7, 11) is 0. The van der Waals surface area contributed by atoms with Gasteiger partial charge in [0, 0.05) is 117 Å². The molecule has 0 N–H and O–H groups in total. The van der Waals surface area contributed by atoms with Crippen LogP contribution in [0.25, 0.3) is 10.6 Å². The third-order valence-corrected chi connectivity index (χ3v) is 13.0. The van der Waals surface area contributed by atoms with Crippen molar-refractivity contribution in [2.24, 2.45) is 38.1 Å². The minimum atomic E-state index is -1.78. The molecule has 1 saturated heterocycles. The average Bonchev–Trinajstić information content (AvgIpc) is 3.73. The van der Waals surface area contributed by atoms with Gasteiger partial charge in [0.25, 0.3) is 0 Å². The monoisotopic (exact) mass is 929 g/mol. The molecule has 0 spiro atoms. The first-order valence-corrected chi connectivity index (χ1v) is 20.1. The molecule has 64 heavy (non-hydrogen) atoms. The zero-order valence-electron chi connectivity index (χ0n) is 35.2. The Morgan fingerprint density at radius 1 is 0.641 bits per heavy atom. The van der Waals surface area contributed by atoms with Crippen LogP contribution < -0.4 is 40.9 Å². The van der Waals surface area contributed by atoms with Gasteiger partial charge in [-0.1, -0.05) is 49.6 Å². The molecule has 0 saturated carbocycles. The van der Waals surface area contributed by atoms with Crippen LogP contribution in [0.1, 0.15) is 111 Å². The second kappa shape index (κ2) is 18.9. The smallest absolute Gasteiger partial charge is 0.0495 e. The number of rotatable bonds is 20. The number of nitrogens with zero attached hydrogens (tertiary/aromatic N) is 4. The van der Waals surface area contributed by atoms with Crippen molar-refractivity contribution < 1.29 is 96.0 Å². The van der Waals surface area contributed by atoms with Crippen molar-refractivity contribution in [1.82, 2.24) is 0 Å². The Bertz CT molecular complexity index is 2310. The molecule has 0 aliphatic carbocycles. The minimum absolute atomic E-state index is 0. The number of carbonyl (C=O) groups is 8. The van der Waals surface area contributed by atoms with Crippen molar-refractivity contribution in [3.8, 4) is 0 Å². The number of carboxylic acid groups (broad SMARTS) is 8. The number of carbonyl (C=O) groups excluding carboxylic acids is 8. The first-order chi connectivity index (χ1) is 29.2. The normalized spacial score (nSPS) is 28.1. The molecule has 1 radical (unpaired) electrons. The zero-order valence-corrected chi connectivity index (χ0v) is 36.2. The summed E-state index contributed by atoms with van der Waals surface area (Å²) in [6, 6.07) is 0. The van der Waals surface area contributed by atoms with E-state index < -0.39 is 139 Å². The summed E-state index contributed by atoms with van der Waals surface area (Å²) >= 11 is 0. The number of allylic oxidation sites excluding steroid dienone is 7. The van der Waals surface area contributed by atoms with Gasteiger partial charge in [-0.05, 0) is 94.5 Å². The number of aliphatic carboxylic acids is 8. The number of fused-ring (bicyclic) bond motifs is 6. The summed E-state index contributed by atoms with van der Waals surface area (Å²) in [5.74, 6) is -15.2. The van der Waals surface area contributed by atoms with E-state index in [-0.39, 0.29) is 99.1 Å². The molecule has 5 aliphatic rings. The molecule has 5 aliphatic heterocycles. The van der Waals surface area contributed by atoms with Gasteiger partial charge in [-0.3, -0.25) is 9.98 Å². The van der Waals surface area contributed by atoms with E-state index in [1.807, 2.05) is 0 Å². The van der Waals surface area contributed by atoms with Gasteiger partial charge in [0.1, 0.15) is 0 Å². The predicted octanol–water partition coefficient (Wildman–Crippen LogP) is -4.71. The standard InChI is InChI=1S/C43H52N4O16.Co/c1-40(12-11-33(54)55)24(14-35(58)59)38-39-42(3,19-37(62)63)21(6-9-31(50)51)26(45-39)16-29-41(2,18-36(60)61)22(7-10-32(52)53)27(44-29)17-43(4)23(13-34(56)57)20(5-8-30(48)49)25(47-43)15-28(40)46-38;/h15-16,21,24H,5-14,17-19H2,1-4H3,(H10,44,45,46,47,48,49,50,51,52,53,54,55,56,57,58,59,60,61,62,63);/p-10/t21-,24+,40-,41+,42+,43+;/m1./s1. The Morgan fingerprint density at radius 2 is 1.23 bits per heavy atom. The topological polar surface area (TPSA) is 374 Å². The second-order valence-corrected chi connectivity index (χ2v) is 17.4. The summed E-state index contributed by atoms with van der Waals surface area (Å²) < 4.78 is 0. The first kappa shape index (κ1) is 50.6. The van der Waals surface area contributed by atoms with Crippen LogP contribution in [-0.4, -0.2) is 64.7 Å². The molecular formula is C43H42CoN4O16-10. The van der Waals surface area contributed by atoms with Gasteiger partial charge >= 0.3 is 0 Å². The van der Waals surface area contributed by atoms with Gasteiger partial charge < -0.3 is 89.8 Å². The molecular weight excluding hydrogens is 887 g/mol. The van der Waals surface area contributed by atoms with Gasteiger partial charge in [-0.2, -0.15) is 5.70 Å². The molecule has 21 heteroatoms. The Kier molecular flexibility index (Phi) is 15.0. The van der Waals surface area contributed by atoms with E-state index >= 15 is 0 Å². The largest absolute Gasteiger partial charge is 0.675 e. The maximum atomic E-state index is 12.6. The van der Waals surface area contributed by atoms with Crippen LogP contribution in [-0.2, 0) is 55.1 Å². The number of hydrogen-bond donors (Lipinski definition) is 0. The van der Waals surface area contributed by atoms with Crippen LogP contribution >= 0.6 is 0 Å². The van der Waals surface area contributed by atoms with Gasteiger partial charge in [0.2, 0.25) is 0 Å². The molecule has 0 unspecified atom stereocenters. The fraction of sp³-hybridized carbons (Fsp3) is 0.535.